The second kappa shape index (κ2) is 13.7. The molecule has 2 aromatic heterocycles. The topological polar surface area (TPSA) is 112 Å². The average molecular weight is 707 g/mol. The Hall–Kier alpha value is -3.57. The van der Waals surface area contributed by atoms with Crippen molar-refractivity contribution in [3.8, 4) is 5.75 Å². The first-order valence-corrected chi connectivity index (χ1v) is 18.9. The summed E-state index contributed by atoms with van der Waals surface area (Å²) in [7, 11) is 1.13. The smallest absolute Gasteiger partial charge is 0.229 e. The predicted molar refractivity (Wildman–Crippen MR) is 192 cm³/mol. The number of hydrogen-bond donors (Lipinski definition) is 2. The van der Waals surface area contributed by atoms with Crippen LogP contribution in [0.15, 0.2) is 53.9 Å². The fraction of sp³-hybridized carbons (Fsp3) is 0.394. The Kier molecular flexibility index (Phi) is 9.61. The van der Waals surface area contributed by atoms with Gasteiger partial charge in [0.1, 0.15) is 24.2 Å². The van der Waals surface area contributed by atoms with Gasteiger partial charge in [-0.3, -0.25) is 14.9 Å². The van der Waals surface area contributed by atoms with Crippen LogP contribution in [0.2, 0.25) is 0 Å². The number of methoxy groups -OCH3 is 1. The highest BCUT2D eigenvalue weighted by atomic mass is 79.9. The lowest BCUT2D eigenvalue weighted by Gasteiger charge is -2.43. The zero-order valence-corrected chi connectivity index (χ0v) is 29.3. The lowest BCUT2D eigenvalue weighted by Crippen LogP contribution is -2.52. The van der Waals surface area contributed by atoms with Crippen molar-refractivity contribution in [2.45, 2.75) is 18.9 Å². The normalized spacial score (nSPS) is 16.8. The van der Waals surface area contributed by atoms with Crippen molar-refractivity contribution in [3.05, 3.63) is 59.5 Å². The first-order valence-electron chi connectivity index (χ1n) is 15.5. The van der Waals surface area contributed by atoms with Crippen molar-refractivity contribution < 1.29 is 9.30 Å². The molecule has 0 unspecified atom stereocenters. The SMILES string of the molecule is C=Cc1cc(Nc2ncc(Br)c(Nc3ccc4nccnc4c3P(C)(C)=O)n2)c(OC)cc1N1CCC(N2CCN(C)CC2)CC1. The van der Waals surface area contributed by atoms with Crippen LogP contribution in [-0.2, 0) is 4.57 Å². The van der Waals surface area contributed by atoms with Crippen molar-refractivity contribution in [3.63, 3.8) is 0 Å². The third-order valence-corrected chi connectivity index (χ3v) is 10.9. The molecule has 11 nitrogen and oxygen atoms in total. The summed E-state index contributed by atoms with van der Waals surface area (Å²) in [6, 6.07) is 8.47. The summed E-state index contributed by atoms with van der Waals surface area (Å²) in [5, 5.41) is 7.33. The van der Waals surface area contributed by atoms with Crippen LogP contribution < -0.4 is 25.6 Å². The molecule has 0 bridgehead atoms. The Balaban J connectivity index is 1.23. The largest absolute Gasteiger partial charge is 0.494 e. The minimum Gasteiger partial charge on any atom is -0.494 e. The molecule has 0 radical (unpaired) electrons. The molecule has 4 heterocycles. The van der Waals surface area contributed by atoms with Crippen LogP contribution >= 0.6 is 23.1 Å². The average Bonchev–Trinajstić information content (AvgIpc) is 3.06. The number of hydrogen-bond acceptors (Lipinski definition) is 11. The minimum atomic E-state index is -2.74. The molecule has 6 rings (SSSR count). The standard InChI is InChI=1S/C33H41BrN9O2P/c1-6-22-19-27(29(45-3)20-28(22)43-13-9-23(10-14-43)42-17-15-41(2)16-18-42)39-33-37-21-24(34)32(40-33)38-26-8-7-25-30(36-12-11-35-25)31(26)46(4,5)44/h6-8,11-12,19-21,23H,1,9-10,13-18H2,2-5H3,(H2,37,38,39,40). The molecule has 2 aliphatic rings. The predicted octanol–water partition coefficient (Wildman–Crippen LogP) is 5.79. The van der Waals surface area contributed by atoms with Crippen LogP contribution in [0.1, 0.15) is 18.4 Å². The maximum atomic E-state index is 13.4. The van der Waals surface area contributed by atoms with Gasteiger partial charge in [-0.25, -0.2) is 4.98 Å². The number of halogens is 1. The fourth-order valence-corrected chi connectivity index (χ4v) is 8.06. The van der Waals surface area contributed by atoms with E-state index in [0.29, 0.717) is 50.1 Å². The molecule has 2 fully saturated rings. The van der Waals surface area contributed by atoms with E-state index in [-0.39, 0.29) is 0 Å². The van der Waals surface area contributed by atoms with Crippen LogP contribution in [0, 0.1) is 0 Å². The second-order valence-electron chi connectivity index (χ2n) is 12.2. The summed E-state index contributed by atoms with van der Waals surface area (Å²) >= 11 is 3.57. The lowest BCUT2D eigenvalue weighted by molar-refractivity contribution is 0.0982. The molecule has 0 atom stereocenters. The maximum absolute atomic E-state index is 13.4. The first-order chi connectivity index (χ1) is 22.1. The summed E-state index contributed by atoms with van der Waals surface area (Å²) in [6.45, 7) is 14.1. The van der Waals surface area contributed by atoms with E-state index >= 15 is 0 Å². The van der Waals surface area contributed by atoms with Gasteiger partial charge in [-0.05, 0) is 72.9 Å². The van der Waals surface area contributed by atoms with Crippen molar-refractivity contribution in [2.75, 3.05) is 82.3 Å². The van der Waals surface area contributed by atoms with Gasteiger partial charge in [-0.1, -0.05) is 12.7 Å². The van der Waals surface area contributed by atoms with Gasteiger partial charge in [0.05, 0.1) is 33.8 Å². The van der Waals surface area contributed by atoms with Gasteiger partial charge < -0.3 is 29.7 Å². The molecule has 4 aromatic rings. The van der Waals surface area contributed by atoms with E-state index in [2.05, 4.69) is 75.9 Å². The molecule has 13 heteroatoms. The number of piperazine rings is 1. The van der Waals surface area contributed by atoms with Gasteiger partial charge in [0.2, 0.25) is 5.95 Å². The van der Waals surface area contributed by atoms with Crippen molar-refractivity contribution >= 4 is 74.3 Å². The third kappa shape index (κ3) is 6.90. The Labute approximate surface area is 279 Å². The highest BCUT2D eigenvalue weighted by Gasteiger charge is 2.28. The molecule has 2 N–H and O–H groups in total. The zero-order chi connectivity index (χ0) is 32.4. The summed E-state index contributed by atoms with van der Waals surface area (Å²) in [4.78, 5) is 25.7. The number of piperidine rings is 1. The van der Waals surface area contributed by atoms with E-state index in [0.717, 1.165) is 69.0 Å². The molecule has 2 aromatic carbocycles. The van der Waals surface area contributed by atoms with Crippen molar-refractivity contribution in [1.29, 1.82) is 0 Å². The van der Waals surface area contributed by atoms with E-state index in [1.165, 1.54) is 0 Å². The summed E-state index contributed by atoms with van der Waals surface area (Å²) in [6.07, 6.45) is 9.09. The quantitative estimate of drug-likeness (QED) is 0.207. The van der Waals surface area contributed by atoms with E-state index in [4.69, 9.17) is 9.72 Å². The number of nitrogens with zero attached hydrogens (tertiary/aromatic N) is 7. The Morgan fingerprint density at radius 3 is 2.43 bits per heavy atom. The molecular weight excluding hydrogens is 665 g/mol. The Morgan fingerprint density at radius 1 is 1.00 bits per heavy atom. The van der Waals surface area contributed by atoms with Gasteiger partial charge in [0, 0.05) is 75.7 Å². The van der Waals surface area contributed by atoms with Crippen LogP contribution in [0.5, 0.6) is 5.75 Å². The number of rotatable bonds is 9. The molecule has 0 aliphatic carbocycles. The second-order valence-corrected chi connectivity index (χ2v) is 16.3. The number of likely N-dealkylation sites (N-methyl/N-ethyl adjacent to an activating group) is 1. The molecule has 242 valence electrons. The number of anilines is 5. The van der Waals surface area contributed by atoms with E-state index < -0.39 is 7.14 Å². The molecule has 46 heavy (non-hydrogen) atoms. The summed E-state index contributed by atoms with van der Waals surface area (Å²) in [5.41, 5.74) is 4.80. The lowest BCUT2D eigenvalue weighted by atomic mass is 10.00. The molecule has 0 amide bonds. The molecular formula is C33H41BrN9O2P. The first kappa shape index (κ1) is 32.4. The van der Waals surface area contributed by atoms with Gasteiger partial charge >= 0.3 is 0 Å². The van der Waals surface area contributed by atoms with Crippen molar-refractivity contribution in [1.82, 2.24) is 29.7 Å². The Morgan fingerprint density at radius 2 is 1.74 bits per heavy atom. The molecule has 2 saturated heterocycles. The highest BCUT2D eigenvalue weighted by molar-refractivity contribution is 9.10. The maximum Gasteiger partial charge on any atom is 0.229 e. The molecule has 0 spiro atoms. The number of aromatic nitrogens is 4. The van der Waals surface area contributed by atoms with Gasteiger partial charge in [-0.2, -0.15) is 4.98 Å². The highest BCUT2D eigenvalue weighted by Crippen LogP contribution is 2.42. The number of benzene rings is 2. The number of fused-ring (bicyclic) bond motifs is 1. The third-order valence-electron chi connectivity index (χ3n) is 8.82. The number of ether oxygens (including phenoxy) is 1. The van der Waals surface area contributed by atoms with Crippen LogP contribution in [0.25, 0.3) is 17.1 Å². The van der Waals surface area contributed by atoms with Crippen LogP contribution in [0.3, 0.4) is 0 Å². The van der Waals surface area contributed by atoms with E-state index in [9.17, 15) is 4.57 Å². The van der Waals surface area contributed by atoms with Gasteiger partial charge in [-0.15, -0.1) is 0 Å². The van der Waals surface area contributed by atoms with Gasteiger partial charge in [0.15, 0.2) is 0 Å². The monoisotopic (exact) mass is 705 g/mol. The van der Waals surface area contributed by atoms with Crippen molar-refractivity contribution in [2.24, 2.45) is 0 Å². The molecule has 2 aliphatic heterocycles. The van der Waals surface area contributed by atoms with Crippen LogP contribution in [0.4, 0.5) is 28.8 Å². The minimum absolute atomic E-state index is 0.373. The van der Waals surface area contributed by atoms with Crippen LogP contribution in [-0.4, -0.2) is 103 Å². The van der Waals surface area contributed by atoms with Gasteiger partial charge in [0.25, 0.3) is 0 Å². The molecule has 0 saturated carbocycles. The summed E-state index contributed by atoms with van der Waals surface area (Å²) < 4.78 is 19.9. The van der Waals surface area contributed by atoms with E-state index in [1.54, 1.807) is 39.0 Å². The Bertz CT molecular complexity index is 1780. The fourth-order valence-electron chi connectivity index (χ4n) is 6.38. The number of nitrogens with one attached hydrogen (secondary N) is 2. The summed E-state index contributed by atoms with van der Waals surface area (Å²) in [5.74, 6) is 1.58. The van der Waals surface area contributed by atoms with E-state index in [1.807, 2.05) is 24.3 Å². The zero-order valence-electron chi connectivity index (χ0n) is 26.8.